The summed E-state index contributed by atoms with van der Waals surface area (Å²) < 4.78 is 26.5. The average molecular weight is 650 g/mol. The van der Waals surface area contributed by atoms with Crippen LogP contribution in [0.15, 0.2) is 12.2 Å². The SMILES string of the molecule is CCCCC/C=C\CCCCCCCC(=O)NC(COP(=O)(O)OCC(O)COC(=O)CCCCCCCCCC)C(=O)O. The van der Waals surface area contributed by atoms with Crippen LogP contribution in [0.4, 0.5) is 0 Å². The van der Waals surface area contributed by atoms with Gasteiger partial charge in [-0.25, -0.2) is 9.36 Å². The van der Waals surface area contributed by atoms with E-state index < -0.39 is 57.6 Å². The van der Waals surface area contributed by atoms with Gasteiger partial charge in [-0.15, -0.1) is 0 Å². The zero-order valence-electron chi connectivity index (χ0n) is 27.2. The number of allylic oxidation sites excluding steroid dienone is 2. The van der Waals surface area contributed by atoms with Gasteiger partial charge in [-0.05, 0) is 38.5 Å². The predicted molar refractivity (Wildman–Crippen MR) is 171 cm³/mol. The third-order valence-electron chi connectivity index (χ3n) is 7.05. The Morgan fingerprint density at radius 1 is 0.705 bits per heavy atom. The highest BCUT2D eigenvalue weighted by molar-refractivity contribution is 7.47. The van der Waals surface area contributed by atoms with E-state index in [-0.39, 0.29) is 12.8 Å². The van der Waals surface area contributed by atoms with Gasteiger partial charge in [-0.3, -0.25) is 18.6 Å². The third kappa shape index (κ3) is 27.7. The summed E-state index contributed by atoms with van der Waals surface area (Å²) in [5.41, 5.74) is 0. The number of hydrogen-bond acceptors (Lipinski definition) is 8. The van der Waals surface area contributed by atoms with Crippen LogP contribution in [0, 0.1) is 0 Å². The highest BCUT2D eigenvalue weighted by Gasteiger charge is 2.28. The second-order valence-electron chi connectivity index (χ2n) is 11.4. The Kier molecular flexibility index (Phi) is 27.5. The summed E-state index contributed by atoms with van der Waals surface area (Å²) >= 11 is 0. The van der Waals surface area contributed by atoms with Crippen LogP contribution in [-0.4, -0.2) is 64.9 Å². The Bertz CT molecular complexity index is 823. The van der Waals surface area contributed by atoms with E-state index in [0.717, 1.165) is 57.8 Å². The largest absolute Gasteiger partial charge is 0.480 e. The lowest BCUT2D eigenvalue weighted by Gasteiger charge is -2.18. The molecule has 44 heavy (non-hydrogen) atoms. The molecule has 0 bridgehead atoms. The van der Waals surface area contributed by atoms with Gasteiger partial charge in [0, 0.05) is 12.8 Å². The minimum absolute atomic E-state index is 0.137. The van der Waals surface area contributed by atoms with Crippen molar-refractivity contribution >= 4 is 25.7 Å². The number of ether oxygens (including phenoxy) is 1. The number of carboxylic acids is 1. The molecule has 258 valence electrons. The van der Waals surface area contributed by atoms with Crippen molar-refractivity contribution < 1.29 is 47.8 Å². The molecular formula is C32H60NO10P. The number of carboxylic acid groups (broad SMARTS) is 1. The van der Waals surface area contributed by atoms with Crippen molar-refractivity contribution in [3.8, 4) is 0 Å². The predicted octanol–water partition coefficient (Wildman–Crippen LogP) is 6.99. The van der Waals surface area contributed by atoms with Gasteiger partial charge >= 0.3 is 19.8 Å². The number of nitrogens with one attached hydrogen (secondary N) is 1. The number of aliphatic hydroxyl groups excluding tert-OH is 1. The number of esters is 1. The Labute approximate surface area is 265 Å². The summed E-state index contributed by atoms with van der Waals surface area (Å²) in [4.78, 5) is 45.4. The third-order valence-corrected chi connectivity index (χ3v) is 8.01. The van der Waals surface area contributed by atoms with Crippen molar-refractivity contribution in [3.63, 3.8) is 0 Å². The number of amides is 1. The summed E-state index contributed by atoms with van der Waals surface area (Å²) in [5, 5.41) is 21.6. The van der Waals surface area contributed by atoms with Crippen LogP contribution in [0.3, 0.4) is 0 Å². The van der Waals surface area contributed by atoms with E-state index >= 15 is 0 Å². The molecule has 1 amide bonds. The molecular weight excluding hydrogens is 589 g/mol. The van der Waals surface area contributed by atoms with Crippen molar-refractivity contribution in [2.24, 2.45) is 0 Å². The number of carbonyl (C=O) groups excluding carboxylic acids is 2. The molecule has 0 radical (unpaired) electrons. The number of carbonyl (C=O) groups is 3. The molecule has 0 aliphatic rings. The van der Waals surface area contributed by atoms with Crippen LogP contribution in [0.5, 0.6) is 0 Å². The monoisotopic (exact) mass is 649 g/mol. The van der Waals surface area contributed by atoms with Crippen LogP contribution in [0.1, 0.15) is 142 Å². The Morgan fingerprint density at radius 2 is 1.18 bits per heavy atom. The van der Waals surface area contributed by atoms with E-state index in [1.807, 2.05) is 0 Å². The van der Waals surface area contributed by atoms with Crippen molar-refractivity contribution in [1.29, 1.82) is 0 Å². The van der Waals surface area contributed by atoms with Gasteiger partial charge in [0.25, 0.3) is 0 Å². The van der Waals surface area contributed by atoms with E-state index in [1.54, 1.807) is 0 Å². The molecule has 0 fully saturated rings. The lowest BCUT2D eigenvalue weighted by molar-refractivity contribution is -0.147. The van der Waals surface area contributed by atoms with Gasteiger partial charge in [0.1, 0.15) is 12.7 Å². The fourth-order valence-electron chi connectivity index (χ4n) is 4.37. The second-order valence-corrected chi connectivity index (χ2v) is 12.8. The molecule has 4 N–H and O–H groups in total. The molecule has 0 heterocycles. The maximum atomic E-state index is 12.2. The van der Waals surface area contributed by atoms with Crippen molar-refractivity contribution in [2.45, 2.75) is 154 Å². The Hall–Kier alpha value is -1.78. The number of phosphoric ester groups is 1. The van der Waals surface area contributed by atoms with Crippen LogP contribution in [0.25, 0.3) is 0 Å². The summed E-state index contributed by atoms with van der Waals surface area (Å²) in [6.45, 7) is 2.48. The van der Waals surface area contributed by atoms with Gasteiger partial charge < -0.3 is 25.2 Å². The molecule has 3 unspecified atom stereocenters. The molecule has 0 aliphatic heterocycles. The summed E-state index contributed by atoms with van der Waals surface area (Å²) in [6.07, 6.45) is 22.7. The van der Waals surface area contributed by atoms with E-state index in [0.29, 0.717) is 12.8 Å². The molecule has 12 heteroatoms. The number of aliphatic carboxylic acids is 1. The van der Waals surface area contributed by atoms with E-state index in [4.69, 9.17) is 13.8 Å². The summed E-state index contributed by atoms with van der Waals surface area (Å²) in [7, 11) is -4.74. The van der Waals surface area contributed by atoms with Crippen LogP contribution in [-0.2, 0) is 32.7 Å². The average Bonchev–Trinajstić information content (AvgIpc) is 2.99. The van der Waals surface area contributed by atoms with Crippen LogP contribution >= 0.6 is 7.82 Å². The zero-order valence-corrected chi connectivity index (χ0v) is 28.1. The maximum absolute atomic E-state index is 12.2. The van der Waals surface area contributed by atoms with Gasteiger partial charge in [0.05, 0.1) is 13.2 Å². The Morgan fingerprint density at radius 3 is 1.77 bits per heavy atom. The van der Waals surface area contributed by atoms with Gasteiger partial charge in [0.15, 0.2) is 6.04 Å². The molecule has 0 saturated heterocycles. The molecule has 0 aromatic rings. The molecule has 0 aliphatic carbocycles. The standard InChI is InChI=1S/C32H60NO10P/c1-3-5-7-9-11-13-14-15-16-17-19-21-23-30(35)33-29(32(37)38)27-43-44(39,40)42-26-28(34)25-41-31(36)24-22-20-18-12-10-8-6-4-2/h11,13,28-29,34H,3-10,12,14-27H2,1-2H3,(H,33,35)(H,37,38)(H,39,40)/b13-11-. The van der Waals surface area contributed by atoms with E-state index in [2.05, 4.69) is 31.3 Å². The minimum Gasteiger partial charge on any atom is -0.480 e. The smallest absolute Gasteiger partial charge is 0.472 e. The molecule has 0 saturated carbocycles. The molecule has 0 spiro atoms. The summed E-state index contributed by atoms with van der Waals surface area (Å²) in [6, 6.07) is -1.54. The first-order valence-electron chi connectivity index (χ1n) is 16.7. The molecule has 3 atom stereocenters. The molecule has 0 aromatic carbocycles. The first kappa shape index (κ1) is 42.2. The molecule has 0 rings (SSSR count). The van der Waals surface area contributed by atoms with Gasteiger partial charge in [0.2, 0.25) is 5.91 Å². The van der Waals surface area contributed by atoms with Crippen molar-refractivity contribution in [3.05, 3.63) is 12.2 Å². The first-order chi connectivity index (χ1) is 21.1. The van der Waals surface area contributed by atoms with Crippen LogP contribution in [0.2, 0.25) is 0 Å². The lowest BCUT2D eigenvalue weighted by Crippen LogP contribution is -2.43. The Balaban J connectivity index is 4.06. The van der Waals surface area contributed by atoms with Gasteiger partial charge in [-0.1, -0.05) is 103 Å². The minimum atomic E-state index is -4.74. The number of hydrogen-bond donors (Lipinski definition) is 4. The highest BCUT2D eigenvalue weighted by atomic mass is 31.2. The number of aliphatic hydroxyl groups is 1. The quantitative estimate of drug-likeness (QED) is 0.0266. The number of unbranched alkanes of at least 4 members (excludes halogenated alkanes) is 15. The second kappa shape index (κ2) is 28.7. The van der Waals surface area contributed by atoms with E-state index in [1.165, 1.54) is 44.9 Å². The fraction of sp³-hybridized carbons (Fsp3) is 0.844. The summed E-state index contributed by atoms with van der Waals surface area (Å²) in [5.74, 6) is -2.39. The highest BCUT2D eigenvalue weighted by Crippen LogP contribution is 2.43. The zero-order chi connectivity index (χ0) is 32.9. The number of phosphoric acid groups is 1. The lowest BCUT2D eigenvalue weighted by atomic mass is 10.1. The topological polar surface area (TPSA) is 169 Å². The van der Waals surface area contributed by atoms with Gasteiger partial charge in [-0.2, -0.15) is 0 Å². The first-order valence-corrected chi connectivity index (χ1v) is 18.2. The van der Waals surface area contributed by atoms with E-state index in [9.17, 15) is 34.1 Å². The molecule has 11 nitrogen and oxygen atoms in total. The molecule has 0 aromatic heterocycles. The van der Waals surface area contributed by atoms with Crippen LogP contribution < -0.4 is 5.32 Å². The normalized spacial score (nSPS) is 14.3. The maximum Gasteiger partial charge on any atom is 0.472 e. The fourth-order valence-corrected chi connectivity index (χ4v) is 5.14. The van der Waals surface area contributed by atoms with Crippen molar-refractivity contribution in [2.75, 3.05) is 19.8 Å². The van der Waals surface area contributed by atoms with Crippen molar-refractivity contribution in [1.82, 2.24) is 5.32 Å². The number of rotatable bonds is 31.